The third-order valence-corrected chi connectivity index (χ3v) is 10.2. The smallest absolute Gasteiger partial charge is 0.329 e. The third-order valence-electron chi connectivity index (χ3n) is 10.2. The molecule has 17 heteroatoms. The maximum absolute atomic E-state index is 14.2. The molecule has 318 valence electrons. The number of hydrogen-bond donors (Lipinski definition) is 8. The minimum atomic E-state index is -1.56. The molecule has 1 fully saturated rings. The van der Waals surface area contributed by atoms with Crippen molar-refractivity contribution in [3.8, 4) is 0 Å². The van der Waals surface area contributed by atoms with Gasteiger partial charge in [0.05, 0.1) is 13.0 Å². The average molecular weight is 800 g/mol. The Bertz CT molecular complexity index is 1560. The standard InChI is InChI=1S/C40H65N9O8/c1-21(2)18-29(45-30(50)19-27-14-11-10-12-15-27)36(53)46-28(16-13-17-43-40(41)42)35(52)49-34-26(9)57-39(56)33(25(8)23(5)6)47-31(51)20-44-37(54)32(48-38(34)55)24(7)22(3)4/h10-12,14-15,21-26,28-29,32-34H,13,16-20H2,1-9H3,(H,44,54)(H,45,50)(H,46,53)(H,47,51)(H,48,55)(H,49,52)(H4,41,42,43)/t24-,25+,26+,28+,29-,32-,33-,34-/m0/s1. The lowest BCUT2D eigenvalue weighted by Crippen LogP contribution is -2.62. The van der Waals surface area contributed by atoms with E-state index in [1.54, 1.807) is 38.1 Å². The molecular weight excluding hydrogens is 734 g/mol. The highest BCUT2D eigenvalue weighted by Gasteiger charge is 2.40. The van der Waals surface area contributed by atoms with Crippen LogP contribution in [0.4, 0.5) is 0 Å². The summed E-state index contributed by atoms with van der Waals surface area (Å²) in [4.78, 5) is 99.4. The molecule has 0 bridgehead atoms. The predicted octanol–water partition coefficient (Wildman–Crippen LogP) is 0.399. The quantitative estimate of drug-likeness (QED) is 0.0465. The number of benzene rings is 1. The highest BCUT2D eigenvalue weighted by atomic mass is 16.5. The predicted molar refractivity (Wildman–Crippen MR) is 216 cm³/mol. The van der Waals surface area contributed by atoms with Crippen LogP contribution in [0.3, 0.4) is 0 Å². The Hall–Kier alpha value is -5.22. The molecule has 57 heavy (non-hydrogen) atoms. The summed E-state index contributed by atoms with van der Waals surface area (Å²) >= 11 is 0. The first-order chi connectivity index (χ1) is 26.7. The van der Waals surface area contributed by atoms with Crippen molar-refractivity contribution in [2.24, 2.45) is 46.0 Å². The van der Waals surface area contributed by atoms with Gasteiger partial charge in [0.25, 0.3) is 0 Å². The molecule has 0 radical (unpaired) electrons. The molecular formula is C40H65N9O8. The molecule has 1 aromatic carbocycles. The minimum Gasteiger partial charge on any atom is -0.458 e. The lowest BCUT2D eigenvalue weighted by atomic mass is 9.89. The summed E-state index contributed by atoms with van der Waals surface area (Å²) in [6.07, 6.45) is -0.777. The Kier molecular flexibility index (Phi) is 19.4. The van der Waals surface area contributed by atoms with E-state index in [0.717, 1.165) is 5.56 Å². The van der Waals surface area contributed by atoms with Gasteiger partial charge in [-0.2, -0.15) is 0 Å². The second kappa shape index (κ2) is 23.1. The maximum Gasteiger partial charge on any atom is 0.329 e. The van der Waals surface area contributed by atoms with Gasteiger partial charge in [0, 0.05) is 6.54 Å². The summed E-state index contributed by atoms with van der Waals surface area (Å²) in [5.41, 5.74) is 11.8. The van der Waals surface area contributed by atoms with Crippen LogP contribution < -0.4 is 43.4 Å². The van der Waals surface area contributed by atoms with Gasteiger partial charge in [-0.3, -0.25) is 33.8 Å². The topological polar surface area (TPSA) is 265 Å². The zero-order valence-electron chi connectivity index (χ0n) is 34.8. The molecule has 8 atom stereocenters. The fourth-order valence-electron chi connectivity index (χ4n) is 6.10. The van der Waals surface area contributed by atoms with E-state index in [9.17, 15) is 33.6 Å². The Morgan fingerprint density at radius 1 is 0.825 bits per heavy atom. The number of ether oxygens (including phenoxy) is 1. The van der Waals surface area contributed by atoms with E-state index in [4.69, 9.17) is 16.2 Å². The van der Waals surface area contributed by atoms with Crippen LogP contribution >= 0.6 is 0 Å². The second-order valence-corrected chi connectivity index (χ2v) is 16.0. The Morgan fingerprint density at radius 2 is 1.44 bits per heavy atom. The lowest BCUT2D eigenvalue weighted by Gasteiger charge is -2.32. The summed E-state index contributed by atoms with van der Waals surface area (Å²) in [5, 5.41) is 16.1. The van der Waals surface area contributed by atoms with Crippen molar-refractivity contribution in [3.63, 3.8) is 0 Å². The summed E-state index contributed by atoms with van der Waals surface area (Å²) < 4.78 is 5.80. The Labute approximate surface area is 336 Å². The highest BCUT2D eigenvalue weighted by Crippen LogP contribution is 2.19. The number of aliphatic imine (C=N–C) groups is 1. The number of guanidine groups is 1. The Morgan fingerprint density at radius 3 is 2.02 bits per heavy atom. The van der Waals surface area contributed by atoms with Crippen molar-refractivity contribution in [2.45, 2.75) is 124 Å². The van der Waals surface area contributed by atoms with Gasteiger partial charge in [-0.05, 0) is 61.3 Å². The van der Waals surface area contributed by atoms with E-state index >= 15 is 0 Å². The first kappa shape index (κ1) is 47.9. The van der Waals surface area contributed by atoms with Gasteiger partial charge in [0.15, 0.2) is 5.96 Å². The third kappa shape index (κ3) is 16.0. The van der Waals surface area contributed by atoms with Crippen LogP contribution in [0.5, 0.6) is 0 Å². The summed E-state index contributed by atoms with van der Waals surface area (Å²) in [5.74, 6) is -5.95. The normalized spacial score (nSPS) is 21.5. The molecule has 1 saturated heterocycles. The summed E-state index contributed by atoms with van der Waals surface area (Å²) in [7, 11) is 0. The van der Waals surface area contributed by atoms with Gasteiger partial charge in [-0.1, -0.05) is 85.7 Å². The molecule has 1 heterocycles. The van der Waals surface area contributed by atoms with Gasteiger partial charge >= 0.3 is 5.97 Å². The van der Waals surface area contributed by atoms with Crippen molar-refractivity contribution >= 4 is 47.4 Å². The number of carbonyl (C=O) groups excluding carboxylic acids is 7. The minimum absolute atomic E-state index is 0.0125. The summed E-state index contributed by atoms with van der Waals surface area (Å²) in [6, 6.07) is 2.93. The van der Waals surface area contributed by atoms with E-state index in [0.29, 0.717) is 0 Å². The van der Waals surface area contributed by atoms with Crippen LogP contribution in [0.25, 0.3) is 0 Å². The molecule has 0 aliphatic carbocycles. The fraction of sp³-hybridized carbons (Fsp3) is 0.650. The number of amides is 6. The molecule has 6 amide bonds. The van der Waals surface area contributed by atoms with Crippen LogP contribution in [0, 0.1) is 29.6 Å². The maximum atomic E-state index is 14.2. The number of carbonyl (C=O) groups is 7. The Balaban J connectivity index is 2.52. The molecule has 0 spiro atoms. The number of cyclic esters (lactones) is 1. The van der Waals surface area contributed by atoms with Crippen LogP contribution in [0.2, 0.25) is 0 Å². The molecule has 0 saturated carbocycles. The van der Waals surface area contributed by atoms with Crippen LogP contribution in [-0.4, -0.2) is 96.8 Å². The van der Waals surface area contributed by atoms with Crippen LogP contribution in [0.1, 0.15) is 87.1 Å². The number of esters is 1. The molecule has 2 rings (SSSR count). The first-order valence-corrected chi connectivity index (χ1v) is 19.8. The van der Waals surface area contributed by atoms with Crippen molar-refractivity contribution in [2.75, 3.05) is 13.1 Å². The monoisotopic (exact) mass is 799 g/mol. The van der Waals surface area contributed by atoms with Crippen LogP contribution in [-0.2, 0) is 44.7 Å². The van der Waals surface area contributed by atoms with Gasteiger partial charge in [-0.25, -0.2) is 4.79 Å². The van der Waals surface area contributed by atoms with Gasteiger partial charge in [0.1, 0.15) is 36.3 Å². The lowest BCUT2D eigenvalue weighted by molar-refractivity contribution is -0.157. The van der Waals surface area contributed by atoms with Crippen LogP contribution in [0.15, 0.2) is 35.3 Å². The molecule has 0 aromatic heterocycles. The van der Waals surface area contributed by atoms with E-state index in [2.05, 4.69) is 36.9 Å². The molecule has 10 N–H and O–H groups in total. The molecule has 1 aromatic rings. The van der Waals surface area contributed by atoms with Crippen molar-refractivity contribution in [1.82, 2.24) is 31.9 Å². The van der Waals surface area contributed by atoms with E-state index in [1.807, 2.05) is 47.6 Å². The molecule has 0 unspecified atom stereocenters. The average Bonchev–Trinajstić information content (AvgIpc) is 3.13. The number of rotatable bonds is 17. The highest BCUT2D eigenvalue weighted by molar-refractivity contribution is 5.97. The molecule has 1 aliphatic heterocycles. The number of nitrogens with one attached hydrogen (secondary N) is 6. The number of nitrogens with zero attached hydrogens (tertiary/aromatic N) is 1. The molecule has 1 aliphatic rings. The van der Waals surface area contributed by atoms with Gasteiger partial charge in [0.2, 0.25) is 35.4 Å². The van der Waals surface area contributed by atoms with Crippen molar-refractivity contribution in [3.05, 3.63) is 35.9 Å². The number of nitrogens with two attached hydrogens (primary N) is 2. The van der Waals surface area contributed by atoms with Gasteiger partial charge < -0.3 is 48.1 Å². The molecule has 17 nitrogen and oxygen atoms in total. The van der Waals surface area contributed by atoms with Gasteiger partial charge in [-0.15, -0.1) is 0 Å². The number of hydrogen-bond acceptors (Lipinski definition) is 9. The fourth-order valence-corrected chi connectivity index (χ4v) is 6.10. The second-order valence-electron chi connectivity index (χ2n) is 16.0. The SMILES string of the molecule is CC(C)C[C@H](NC(=O)Cc1ccccc1)C(=O)N[C@H](CCCN=C(N)N)C(=O)N[C@@H]1C(=O)N[C@@H]([C@@H](C)C(C)C)C(=O)NCC(=O)N[C@@H]([C@H](C)C(C)C)C(=O)O[C@@H]1C. The zero-order valence-corrected chi connectivity index (χ0v) is 34.8. The van der Waals surface area contributed by atoms with E-state index < -0.39 is 90.2 Å². The van der Waals surface area contributed by atoms with E-state index in [-0.39, 0.29) is 61.8 Å². The van der Waals surface area contributed by atoms with Crippen molar-refractivity contribution in [1.29, 1.82) is 0 Å². The zero-order chi connectivity index (χ0) is 43.0. The summed E-state index contributed by atoms with van der Waals surface area (Å²) in [6.45, 7) is 15.9. The van der Waals surface area contributed by atoms with Crippen molar-refractivity contribution < 1.29 is 38.3 Å². The first-order valence-electron chi connectivity index (χ1n) is 19.8. The van der Waals surface area contributed by atoms with E-state index in [1.165, 1.54) is 6.92 Å². The largest absolute Gasteiger partial charge is 0.458 e.